The highest BCUT2D eigenvalue weighted by atomic mass is 32.1. The van der Waals surface area contributed by atoms with E-state index in [0.717, 1.165) is 6.42 Å². The van der Waals surface area contributed by atoms with E-state index >= 15 is 0 Å². The summed E-state index contributed by atoms with van der Waals surface area (Å²) in [6.45, 7) is 4.85. The molecule has 0 fully saturated rings. The molecule has 17 heavy (non-hydrogen) atoms. The monoisotopic (exact) mass is 249 g/mol. The van der Waals surface area contributed by atoms with E-state index < -0.39 is 0 Å². The molecule has 2 N–H and O–H groups in total. The first kappa shape index (κ1) is 12.6. The largest absolute Gasteiger partial charge is 0.377 e. The summed E-state index contributed by atoms with van der Waals surface area (Å²) in [5.74, 6) is 0. The van der Waals surface area contributed by atoms with Gasteiger partial charge in [-0.15, -0.1) is 11.3 Å². The summed E-state index contributed by atoms with van der Waals surface area (Å²) in [5, 5.41) is 3.39. The van der Waals surface area contributed by atoms with E-state index in [0.29, 0.717) is 6.61 Å². The number of nitrogens with two attached hydrogens (primary N) is 1. The number of benzene rings is 1. The van der Waals surface area contributed by atoms with Crippen molar-refractivity contribution in [2.24, 2.45) is 5.73 Å². The third-order valence-corrected chi connectivity index (χ3v) is 4.03. The molecular weight excluding hydrogens is 230 g/mol. The summed E-state index contributed by atoms with van der Waals surface area (Å²) in [4.78, 5) is 0. The van der Waals surface area contributed by atoms with Crippen LogP contribution in [0.1, 0.15) is 31.9 Å². The van der Waals surface area contributed by atoms with Gasteiger partial charge in [0, 0.05) is 11.3 Å². The fourth-order valence-electron chi connectivity index (χ4n) is 2.17. The summed E-state index contributed by atoms with van der Waals surface area (Å²) in [6, 6.07) is 8.41. The van der Waals surface area contributed by atoms with Crippen molar-refractivity contribution in [3.63, 3.8) is 0 Å². The first-order valence-electron chi connectivity index (χ1n) is 6.11. The lowest BCUT2D eigenvalue weighted by Gasteiger charge is -2.23. The number of fused-ring (bicyclic) bond motifs is 1. The van der Waals surface area contributed by atoms with E-state index in [-0.39, 0.29) is 12.1 Å². The molecule has 0 amide bonds. The summed E-state index contributed by atoms with van der Waals surface area (Å²) in [7, 11) is 0. The molecule has 0 spiro atoms. The molecule has 0 aliphatic rings. The molecule has 3 heteroatoms. The van der Waals surface area contributed by atoms with Gasteiger partial charge in [0.2, 0.25) is 0 Å². The van der Waals surface area contributed by atoms with Crippen LogP contribution in [0, 0.1) is 0 Å². The van der Waals surface area contributed by atoms with Crippen LogP contribution in [-0.2, 0) is 4.74 Å². The fraction of sp³-hybridized carbons (Fsp3) is 0.429. The molecule has 2 rings (SSSR count). The number of thiophene rings is 1. The van der Waals surface area contributed by atoms with Crippen LogP contribution >= 0.6 is 11.3 Å². The van der Waals surface area contributed by atoms with Crippen LogP contribution in [-0.4, -0.2) is 12.7 Å². The Morgan fingerprint density at radius 1 is 1.29 bits per heavy atom. The van der Waals surface area contributed by atoms with Crippen LogP contribution in [0.2, 0.25) is 0 Å². The van der Waals surface area contributed by atoms with Gasteiger partial charge < -0.3 is 10.5 Å². The maximum Gasteiger partial charge on any atom is 0.0765 e. The highest BCUT2D eigenvalue weighted by Gasteiger charge is 2.20. The second kappa shape index (κ2) is 5.63. The van der Waals surface area contributed by atoms with E-state index in [4.69, 9.17) is 10.5 Å². The minimum atomic E-state index is -0.0395. The van der Waals surface area contributed by atoms with Crippen LogP contribution in [0.3, 0.4) is 0 Å². The molecule has 0 bridgehead atoms. The van der Waals surface area contributed by atoms with Gasteiger partial charge in [-0.1, -0.05) is 25.1 Å². The highest BCUT2D eigenvalue weighted by molar-refractivity contribution is 7.17. The summed E-state index contributed by atoms with van der Waals surface area (Å²) in [5.41, 5.74) is 7.55. The third kappa shape index (κ3) is 2.51. The maximum absolute atomic E-state index is 6.34. The predicted octanol–water partition coefficient (Wildman–Crippen LogP) is 3.72. The Morgan fingerprint density at radius 3 is 2.82 bits per heavy atom. The molecule has 0 aliphatic heterocycles. The Labute approximate surface area is 106 Å². The number of rotatable bonds is 5. The first-order valence-corrected chi connectivity index (χ1v) is 6.99. The molecule has 2 nitrogen and oxygen atoms in total. The average molecular weight is 249 g/mol. The maximum atomic E-state index is 6.34. The predicted molar refractivity (Wildman–Crippen MR) is 74.5 cm³/mol. The number of hydrogen-bond donors (Lipinski definition) is 1. The first-order chi connectivity index (χ1) is 8.27. The standard InChI is InChI=1S/C14H19NOS/c1-3-12(16-4-2)13(15)11-7-5-6-10-8-9-17-14(10)11/h5-9,12-13H,3-4,15H2,1-2H3. The molecule has 92 valence electrons. The van der Waals surface area contributed by atoms with Gasteiger partial charge in [-0.25, -0.2) is 0 Å². The Hall–Kier alpha value is -0.900. The van der Waals surface area contributed by atoms with Gasteiger partial charge in [0.05, 0.1) is 12.1 Å². The van der Waals surface area contributed by atoms with Gasteiger partial charge >= 0.3 is 0 Å². The van der Waals surface area contributed by atoms with Crippen molar-refractivity contribution in [1.82, 2.24) is 0 Å². The molecule has 0 aliphatic carbocycles. The minimum absolute atomic E-state index is 0.0395. The third-order valence-electron chi connectivity index (χ3n) is 3.05. The van der Waals surface area contributed by atoms with Gasteiger partial charge in [0.15, 0.2) is 0 Å². The van der Waals surface area contributed by atoms with Crippen LogP contribution in [0.4, 0.5) is 0 Å². The number of ether oxygens (including phenoxy) is 1. The van der Waals surface area contributed by atoms with Gasteiger partial charge in [-0.05, 0) is 35.7 Å². The molecular formula is C14H19NOS. The minimum Gasteiger partial charge on any atom is -0.377 e. The summed E-state index contributed by atoms with van der Waals surface area (Å²) < 4.78 is 7.00. The average Bonchev–Trinajstić information content (AvgIpc) is 2.83. The fourth-order valence-corrected chi connectivity index (χ4v) is 3.13. The Morgan fingerprint density at radius 2 is 2.12 bits per heavy atom. The highest BCUT2D eigenvalue weighted by Crippen LogP contribution is 2.30. The molecule has 2 aromatic rings. The molecule has 0 radical (unpaired) electrons. The van der Waals surface area contributed by atoms with E-state index in [2.05, 4.69) is 36.6 Å². The normalized spacial score (nSPS) is 15.0. The van der Waals surface area contributed by atoms with E-state index in [9.17, 15) is 0 Å². The zero-order chi connectivity index (χ0) is 12.3. The van der Waals surface area contributed by atoms with E-state index in [1.54, 1.807) is 11.3 Å². The van der Waals surface area contributed by atoms with Crippen LogP contribution in [0.25, 0.3) is 10.1 Å². The van der Waals surface area contributed by atoms with Gasteiger partial charge in [-0.3, -0.25) is 0 Å². The molecule has 1 aromatic carbocycles. The zero-order valence-corrected chi connectivity index (χ0v) is 11.2. The molecule has 1 aromatic heterocycles. The Kier molecular flexibility index (Phi) is 4.15. The van der Waals surface area contributed by atoms with Gasteiger partial charge in [0.1, 0.15) is 0 Å². The Bertz CT molecular complexity index is 480. The van der Waals surface area contributed by atoms with Crippen molar-refractivity contribution in [3.8, 4) is 0 Å². The van der Waals surface area contributed by atoms with Crippen molar-refractivity contribution < 1.29 is 4.74 Å². The second-order valence-electron chi connectivity index (χ2n) is 4.11. The van der Waals surface area contributed by atoms with E-state index in [1.807, 2.05) is 6.92 Å². The van der Waals surface area contributed by atoms with Crippen molar-refractivity contribution in [1.29, 1.82) is 0 Å². The van der Waals surface area contributed by atoms with Crippen molar-refractivity contribution in [2.45, 2.75) is 32.4 Å². The van der Waals surface area contributed by atoms with Crippen LogP contribution in [0.15, 0.2) is 29.6 Å². The van der Waals surface area contributed by atoms with Crippen molar-refractivity contribution in [2.75, 3.05) is 6.61 Å². The lowest BCUT2D eigenvalue weighted by molar-refractivity contribution is 0.0417. The lowest BCUT2D eigenvalue weighted by atomic mass is 9.99. The quantitative estimate of drug-likeness (QED) is 0.876. The van der Waals surface area contributed by atoms with Gasteiger partial charge in [-0.2, -0.15) is 0 Å². The topological polar surface area (TPSA) is 35.2 Å². The number of hydrogen-bond acceptors (Lipinski definition) is 3. The van der Waals surface area contributed by atoms with Gasteiger partial charge in [0.25, 0.3) is 0 Å². The Balaban J connectivity index is 2.34. The van der Waals surface area contributed by atoms with E-state index in [1.165, 1.54) is 15.6 Å². The van der Waals surface area contributed by atoms with Crippen LogP contribution < -0.4 is 5.73 Å². The zero-order valence-electron chi connectivity index (χ0n) is 10.3. The summed E-state index contributed by atoms with van der Waals surface area (Å²) >= 11 is 1.75. The second-order valence-corrected chi connectivity index (χ2v) is 5.03. The molecule has 2 unspecified atom stereocenters. The molecule has 0 saturated heterocycles. The molecule has 0 saturated carbocycles. The molecule has 1 heterocycles. The summed E-state index contributed by atoms with van der Waals surface area (Å²) in [6.07, 6.45) is 1.05. The van der Waals surface area contributed by atoms with Crippen molar-refractivity contribution >= 4 is 21.4 Å². The van der Waals surface area contributed by atoms with Crippen molar-refractivity contribution in [3.05, 3.63) is 35.2 Å². The lowest BCUT2D eigenvalue weighted by Crippen LogP contribution is -2.28. The smallest absolute Gasteiger partial charge is 0.0765 e. The SMILES string of the molecule is CCOC(CC)C(N)c1cccc2ccsc12. The molecule has 2 atom stereocenters. The van der Waals surface area contributed by atoms with Crippen LogP contribution in [0.5, 0.6) is 0 Å².